The van der Waals surface area contributed by atoms with Gasteiger partial charge in [0.05, 0.1) is 12.7 Å². The molecule has 18 heavy (non-hydrogen) atoms. The highest BCUT2D eigenvalue weighted by Crippen LogP contribution is 2.31. The predicted molar refractivity (Wildman–Crippen MR) is 70.8 cm³/mol. The van der Waals surface area contributed by atoms with Crippen LogP contribution in [0.2, 0.25) is 5.02 Å². The molecule has 0 atom stereocenters. The van der Waals surface area contributed by atoms with Gasteiger partial charge < -0.3 is 10.1 Å². The molecule has 1 heterocycles. The Morgan fingerprint density at radius 1 is 1.33 bits per heavy atom. The van der Waals surface area contributed by atoms with Gasteiger partial charge in [-0.2, -0.15) is 0 Å². The van der Waals surface area contributed by atoms with E-state index in [4.69, 9.17) is 16.3 Å². The van der Waals surface area contributed by atoms with Gasteiger partial charge in [-0.1, -0.05) is 11.6 Å². The standard InChI is InChI=1S/C14H16ClNO2/c15-12-6-9-4-5-14(17)16-13(9)7-10(12)8-18-11-2-1-3-11/h6-7,11H,1-5,8H2,(H,16,17). The summed E-state index contributed by atoms with van der Waals surface area (Å²) in [4.78, 5) is 11.4. The van der Waals surface area contributed by atoms with Gasteiger partial charge in [0.2, 0.25) is 5.91 Å². The minimum atomic E-state index is 0.0793. The zero-order valence-electron chi connectivity index (χ0n) is 10.2. The summed E-state index contributed by atoms with van der Waals surface area (Å²) in [6.07, 6.45) is 5.27. The van der Waals surface area contributed by atoms with Crippen LogP contribution in [0, 0.1) is 0 Å². The number of carbonyl (C=O) groups excluding carboxylic acids is 1. The van der Waals surface area contributed by atoms with E-state index in [9.17, 15) is 4.79 Å². The zero-order valence-corrected chi connectivity index (χ0v) is 10.9. The molecule has 1 aromatic rings. The third-order valence-electron chi connectivity index (χ3n) is 3.69. The molecule has 1 aliphatic carbocycles. The monoisotopic (exact) mass is 265 g/mol. The van der Waals surface area contributed by atoms with E-state index in [-0.39, 0.29) is 5.91 Å². The van der Waals surface area contributed by atoms with Crippen molar-refractivity contribution >= 4 is 23.2 Å². The van der Waals surface area contributed by atoms with Crippen LogP contribution in [0.25, 0.3) is 0 Å². The second-order valence-electron chi connectivity index (χ2n) is 5.01. The van der Waals surface area contributed by atoms with Gasteiger partial charge in [0.25, 0.3) is 0 Å². The van der Waals surface area contributed by atoms with Crippen molar-refractivity contribution in [3.8, 4) is 0 Å². The smallest absolute Gasteiger partial charge is 0.224 e. The lowest BCUT2D eigenvalue weighted by molar-refractivity contribution is -0.116. The van der Waals surface area contributed by atoms with Crippen LogP contribution in [0.4, 0.5) is 5.69 Å². The van der Waals surface area contributed by atoms with E-state index in [1.807, 2.05) is 12.1 Å². The highest BCUT2D eigenvalue weighted by atomic mass is 35.5. The van der Waals surface area contributed by atoms with Gasteiger partial charge in [-0.3, -0.25) is 4.79 Å². The quantitative estimate of drug-likeness (QED) is 0.911. The molecule has 0 aromatic heterocycles. The lowest BCUT2D eigenvalue weighted by Crippen LogP contribution is -2.22. The lowest BCUT2D eigenvalue weighted by atomic mass is 9.96. The van der Waals surface area contributed by atoms with Crippen molar-refractivity contribution in [2.24, 2.45) is 0 Å². The molecule has 1 amide bonds. The molecule has 1 fully saturated rings. The number of carbonyl (C=O) groups is 1. The van der Waals surface area contributed by atoms with Crippen molar-refractivity contribution in [2.75, 3.05) is 5.32 Å². The van der Waals surface area contributed by atoms with E-state index in [0.717, 1.165) is 41.1 Å². The van der Waals surface area contributed by atoms with Gasteiger partial charge in [0, 0.05) is 17.1 Å². The van der Waals surface area contributed by atoms with Crippen LogP contribution in [0.5, 0.6) is 0 Å². The molecular formula is C14H16ClNO2. The topological polar surface area (TPSA) is 38.3 Å². The van der Waals surface area contributed by atoms with Crippen LogP contribution < -0.4 is 5.32 Å². The van der Waals surface area contributed by atoms with E-state index >= 15 is 0 Å². The first-order valence-electron chi connectivity index (χ1n) is 6.45. The van der Waals surface area contributed by atoms with Crippen molar-refractivity contribution in [2.45, 2.75) is 44.8 Å². The summed E-state index contributed by atoms with van der Waals surface area (Å²) >= 11 is 6.25. The SMILES string of the molecule is O=C1CCc2cc(Cl)c(COC3CCC3)cc2N1. The largest absolute Gasteiger partial charge is 0.373 e. The van der Waals surface area contributed by atoms with Crippen molar-refractivity contribution in [3.63, 3.8) is 0 Å². The minimum Gasteiger partial charge on any atom is -0.373 e. The molecule has 2 aliphatic rings. The highest BCUT2D eigenvalue weighted by Gasteiger charge is 2.20. The van der Waals surface area contributed by atoms with Gasteiger partial charge in [0.15, 0.2) is 0 Å². The maximum atomic E-state index is 11.4. The van der Waals surface area contributed by atoms with Gasteiger partial charge >= 0.3 is 0 Å². The molecular weight excluding hydrogens is 250 g/mol. The Hall–Kier alpha value is -1.06. The first-order valence-corrected chi connectivity index (χ1v) is 6.83. The molecule has 4 heteroatoms. The molecule has 3 rings (SSSR count). The van der Waals surface area contributed by atoms with Gasteiger partial charge in [-0.05, 0) is 48.9 Å². The van der Waals surface area contributed by atoms with Gasteiger partial charge in [0.1, 0.15) is 0 Å². The molecule has 1 N–H and O–H groups in total. The number of nitrogens with one attached hydrogen (secondary N) is 1. The fourth-order valence-electron chi connectivity index (χ4n) is 2.30. The molecule has 0 spiro atoms. The number of amides is 1. The molecule has 1 aromatic carbocycles. The highest BCUT2D eigenvalue weighted by molar-refractivity contribution is 6.31. The summed E-state index contributed by atoms with van der Waals surface area (Å²) in [5, 5.41) is 3.63. The number of anilines is 1. The van der Waals surface area contributed by atoms with E-state index in [0.29, 0.717) is 19.1 Å². The maximum absolute atomic E-state index is 11.4. The molecule has 96 valence electrons. The van der Waals surface area contributed by atoms with Crippen LogP contribution >= 0.6 is 11.6 Å². The number of rotatable bonds is 3. The third kappa shape index (κ3) is 2.38. The summed E-state index contributed by atoms with van der Waals surface area (Å²) in [7, 11) is 0. The Balaban J connectivity index is 1.76. The summed E-state index contributed by atoms with van der Waals surface area (Å²) in [5.41, 5.74) is 2.97. The Bertz CT molecular complexity index is 483. The summed E-state index contributed by atoms with van der Waals surface area (Å²) in [5.74, 6) is 0.0793. The molecule has 0 unspecified atom stereocenters. The first-order chi connectivity index (χ1) is 8.72. The predicted octanol–water partition coefficient (Wildman–Crippen LogP) is 3.29. The molecule has 3 nitrogen and oxygen atoms in total. The summed E-state index contributed by atoms with van der Waals surface area (Å²) in [6.45, 7) is 0.534. The summed E-state index contributed by atoms with van der Waals surface area (Å²) in [6, 6.07) is 3.91. The molecule has 1 saturated carbocycles. The fourth-order valence-corrected chi connectivity index (χ4v) is 2.54. The zero-order chi connectivity index (χ0) is 12.5. The van der Waals surface area contributed by atoms with Crippen molar-refractivity contribution < 1.29 is 9.53 Å². The Kier molecular flexibility index (Phi) is 3.27. The first kappa shape index (κ1) is 12.0. The van der Waals surface area contributed by atoms with Crippen molar-refractivity contribution in [1.29, 1.82) is 0 Å². The molecule has 0 radical (unpaired) electrons. The van der Waals surface area contributed by atoms with Gasteiger partial charge in [-0.15, -0.1) is 0 Å². The number of benzene rings is 1. The van der Waals surface area contributed by atoms with Crippen LogP contribution in [-0.2, 0) is 22.6 Å². The molecule has 0 saturated heterocycles. The fraction of sp³-hybridized carbons (Fsp3) is 0.500. The Morgan fingerprint density at radius 3 is 2.89 bits per heavy atom. The number of hydrogen-bond acceptors (Lipinski definition) is 2. The average molecular weight is 266 g/mol. The Labute approximate surface area is 111 Å². The van der Waals surface area contributed by atoms with E-state index < -0.39 is 0 Å². The number of ether oxygens (including phenoxy) is 1. The third-order valence-corrected chi connectivity index (χ3v) is 4.05. The average Bonchev–Trinajstić information content (AvgIpc) is 2.28. The van der Waals surface area contributed by atoms with E-state index in [2.05, 4.69) is 5.32 Å². The summed E-state index contributed by atoms with van der Waals surface area (Å²) < 4.78 is 5.77. The van der Waals surface area contributed by atoms with Gasteiger partial charge in [-0.25, -0.2) is 0 Å². The molecule has 1 aliphatic heterocycles. The van der Waals surface area contributed by atoms with Crippen LogP contribution in [0.3, 0.4) is 0 Å². The van der Waals surface area contributed by atoms with Crippen molar-refractivity contribution in [1.82, 2.24) is 0 Å². The number of halogens is 1. The minimum absolute atomic E-state index is 0.0793. The maximum Gasteiger partial charge on any atom is 0.224 e. The van der Waals surface area contributed by atoms with Crippen LogP contribution in [-0.4, -0.2) is 12.0 Å². The number of hydrogen-bond donors (Lipinski definition) is 1. The normalized spacial score (nSPS) is 19.1. The lowest BCUT2D eigenvalue weighted by Gasteiger charge is -2.26. The van der Waals surface area contributed by atoms with E-state index in [1.165, 1.54) is 6.42 Å². The van der Waals surface area contributed by atoms with Crippen molar-refractivity contribution in [3.05, 3.63) is 28.3 Å². The van der Waals surface area contributed by atoms with Crippen LogP contribution in [0.15, 0.2) is 12.1 Å². The second-order valence-corrected chi connectivity index (χ2v) is 5.42. The number of aryl methyl sites for hydroxylation is 1. The van der Waals surface area contributed by atoms with E-state index in [1.54, 1.807) is 0 Å². The Morgan fingerprint density at radius 2 is 2.17 bits per heavy atom. The number of fused-ring (bicyclic) bond motifs is 1. The van der Waals surface area contributed by atoms with Crippen LogP contribution in [0.1, 0.15) is 36.8 Å². The molecule has 0 bridgehead atoms. The second kappa shape index (κ2) is 4.90.